The summed E-state index contributed by atoms with van der Waals surface area (Å²) in [6.45, 7) is 4.80. The number of benzene rings is 1. The first-order valence-corrected chi connectivity index (χ1v) is 6.06. The van der Waals surface area contributed by atoms with Crippen molar-refractivity contribution >= 4 is 23.0 Å². The lowest BCUT2D eigenvalue weighted by molar-refractivity contribution is 0.234. The Labute approximate surface area is 106 Å². The molecule has 1 saturated heterocycles. The maximum atomic E-state index is 13.5. The van der Waals surface area contributed by atoms with Gasteiger partial charge in [0.1, 0.15) is 5.82 Å². The fourth-order valence-electron chi connectivity index (χ4n) is 2.09. The van der Waals surface area contributed by atoms with Crippen LogP contribution in [-0.2, 0) is 0 Å². The van der Waals surface area contributed by atoms with Crippen LogP contribution in [0.3, 0.4) is 0 Å². The van der Waals surface area contributed by atoms with Crippen LogP contribution < -0.4 is 10.6 Å². The second-order valence-electron chi connectivity index (χ2n) is 4.60. The molecular formula is C12H17ClFN3. The normalized spacial score (nSPS) is 21.9. The number of halogens is 2. The average molecular weight is 258 g/mol. The molecule has 1 atom stereocenters. The number of rotatable bonds is 1. The number of nitrogens with zero attached hydrogens (tertiary/aromatic N) is 2. The SMILES string of the molecule is CC1CN(c2cc(F)c(Cl)cc2N)CCN1C. The zero-order valence-corrected chi connectivity index (χ0v) is 10.8. The summed E-state index contributed by atoms with van der Waals surface area (Å²) < 4.78 is 13.5. The quantitative estimate of drug-likeness (QED) is 0.783. The van der Waals surface area contributed by atoms with Gasteiger partial charge in [0.2, 0.25) is 0 Å². The van der Waals surface area contributed by atoms with E-state index in [0.717, 1.165) is 25.3 Å². The van der Waals surface area contributed by atoms with Crippen molar-refractivity contribution in [2.75, 3.05) is 37.3 Å². The highest BCUT2D eigenvalue weighted by molar-refractivity contribution is 6.31. The zero-order valence-electron chi connectivity index (χ0n) is 10.1. The van der Waals surface area contributed by atoms with Crippen molar-refractivity contribution in [1.82, 2.24) is 4.90 Å². The summed E-state index contributed by atoms with van der Waals surface area (Å²) >= 11 is 5.69. The van der Waals surface area contributed by atoms with E-state index in [-0.39, 0.29) is 5.02 Å². The summed E-state index contributed by atoms with van der Waals surface area (Å²) in [7, 11) is 2.09. The Morgan fingerprint density at radius 2 is 2.12 bits per heavy atom. The standard InChI is InChI=1S/C12H17ClFN3/c1-8-7-17(4-3-16(8)2)12-6-10(14)9(13)5-11(12)15/h5-6,8H,3-4,7,15H2,1-2H3. The number of piperazine rings is 1. The average Bonchev–Trinajstić information content (AvgIpc) is 2.27. The maximum Gasteiger partial charge on any atom is 0.144 e. The first kappa shape index (κ1) is 12.5. The molecule has 0 radical (unpaired) electrons. The third-order valence-corrected chi connectivity index (χ3v) is 3.66. The largest absolute Gasteiger partial charge is 0.397 e. The lowest BCUT2D eigenvalue weighted by atomic mass is 10.1. The van der Waals surface area contributed by atoms with Crippen molar-refractivity contribution < 1.29 is 4.39 Å². The summed E-state index contributed by atoms with van der Waals surface area (Å²) in [6, 6.07) is 3.34. The highest BCUT2D eigenvalue weighted by Gasteiger charge is 2.22. The van der Waals surface area contributed by atoms with Gasteiger partial charge >= 0.3 is 0 Å². The van der Waals surface area contributed by atoms with Gasteiger partial charge in [-0.1, -0.05) is 11.6 Å². The van der Waals surface area contributed by atoms with Crippen LogP contribution in [-0.4, -0.2) is 37.6 Å². The third-order valence-electron chi connectivity index (χ3n) is 3.37. The molecule has 3 nitrogen and oxygen atoms in total. The van der Waals surface area contributed by atoms with Crippen molar-refractivity contribution in [2.45, 2.75) is 13.0 Å². The van der Waals surface area contributed by atoms with E-state index in [1.807, 2.05) is 0 Å². The van der Waals surface area contributed by atoms with Crippen LogP contribution >= 0.6 is 11.6 Å². The summed E-state index contributed by atoms with van der Waals surface area (Å²) in [5.74, 6) is -0.414. The third kappa shape index (κ3) is 2.48. The van der Waals surface area contributed by atoms with Crippen LogP contribution in [0, 0.1) is 5.82 Å². The molecule has 1 aliphatic rings. The minimum absolute atomic E-state index is 0.0772. The highest BCUT2D eigenvalue weighted by atomic mass is 35.5. The van der Waals surface area contributed by atoms with Crippen LogP contribution in [0.1, 0.15) is 6.92 Å². The van der Waals surface area contributed by atoms with E-state index in [4.69, 9.17) is 17.3 Å². The molecule has 0 aromatic heterocycles. The highest BCUT2D eigenvalue weighted by Crippen LogP contribution is 2.30. The van der Waals surface area contributed by atoms with Crippen molar-refractivity contribution in [3.63, 3.8) is 0 Å². The fraction of sp³-hybridized carbons (Fsp3) is 0.500. The molecule has 0 bridgehead atoms. The zero-order chi connectivity index (χ0) is 12.6. The number of nitrogens with two attached hydrogens (primary N) is 1. The topological polar surface area (TPSA) is 32.5 Å². The lowest BCUT2D eigenvalue weighted by Crippen LogP contribution is -2.50. The maximum absolute atomic E-state index is 13.5. The van der Waals surface area contributed by atoms with Crippen LogP contribution in [0.15, 0.2) is 12.1 Å². The second kappa shape index (κ2) is 4.70. The summed E-state index contributed by atoms with van der Waals surface area (Å²) in [4.78, 5) is 4.39. The van der Waals surface area contributed by atoms with E-state index in [2.05, 4.69) is 23.8 Å². The van der Waals surface area contributed by atoms with E-state index in [9.17, 15) is 4.39 Å². The van der Waals surface area contributed by atoms with Crippen molar-refractivity contribution in [2.24, 2.45) is 0 Å². The molecule has 2 N–H and O–H groups in total. The van der Waals surface area contributed by atoms with Crippen LogP contribution in [0.4, 0.5) is 15.8 Å². The molecule has 17 heavy (non-hydrogen) atoms. The summed E-state index contributed by atoms with van der Waals surface area (Å²) in [5.41, 5.74) is 7.17. The molecule has 1 aromatic carbocycles. The number of nitrogen functional groups attached to an aromatic ring is 1. The van der Waals surface area contributed by atoms with Crippen molar-refractivity contribution in [3.05, 3.63) is 23.0 Å². The number of hydrogen-bond acceptors (Lipinski definition) is 3. The first-order valence-electron chi connectivity index (χ1n) is 5.68. The predicted molar refractivity (Wildman–Crippen MR) is 70.1 cm³/mol. The Hall–Kier alpha value is -1.00. The Kier molecular flexibility index (Phi) is 3.45. The van der Waals surface area contributed by atoms with Gasteiger partial charge in [-0.15, -0.1) is 0 Å². The lowest BCUT2D eigenvalue weighted by Gasteiger charge is -2.39. The monoisotopic (exact) mass is 257 g/mol. The molecule has 0 spiro atoms. The molecule has 0 amide bonds. The van der Waals surface area contributed by atoms with Crippen LogP contribution in [0.2, 0.25) is 5.02 Å². The Morgan fingerprint density at radius 3 is 2.76 bits per heavy atom. The van der Waals surface area contributed by atoms with Gasteiger partial charge in [0.25, 0.3) is 0 Å². The smallest absolute Gasteiger partial charge is 0.144 e. The molecule has 1 aromatic rings. The predicted octanol–water partition coefficient (Wildman–Crippen LogP) is 2.20. The molecule has 1 unspecified atom stereocenters. The van der Waals surface area contributed by atoms with Gasteiger partial charge in [0, 0.05) is 31.7 Å². The first-order chi connectivity index (χ1) is 7.99. The summed E-state index contributed by atoms with van der Waals surface area (Å²) in [6.07, 6.45) is 0. The molecule has 0 aliphatic carbocycles. The second-order valence-corrected chi connectivity index (χ2v) is 5.01. The van der Waals surface area contributed by atoms with Crippen molar-refractivity contribution in [1.29, 1.82) is 0 Å². The number of anilines is 2. The molecular weight excluding hydrogens is 241 g/mol. The minimum Gasteiger partial charge on any atom is -0.397 e. The van der Waals surface area contributed by atoms with Gasteiger partial charge in [-0.05, 0) is 20.0 Å². The molecule has 5 heteroatoms. The number of likely N-dealkylation sites (N-methyl/N-ethyl adjacent to an activating group) is 1. The van der Waals surface area contributed by atoms with E-state index in [1.165, 1.54) is 12.1 Å². The minimum atomic E-state index is -0.414. The van der Waals surface area contributed by atoms with Crippen molar-refractivity contribution in [3.8, 4) is 0 Å². The number of hydrogen-bond donors (Lipinski definition) is 1. The molecule has 1 heterocycles. The van der Waals surface area contributed by atoms with Gasteiger partial charge in [-0.25, -0.2) is 4.39 Å². The fourth-order valence-corrected chi connectivity index (χ4v) is 2.26. The Balaban J connectivity index is 2.26. The molecule has 1 aliphatic heterocycles. The van der Waals surface area contributed by atoms with E-state index in [1.54, 1.807) is 0 Å². The van der Waals surface area contributed by atoms with E-state index >= 15 is 0 Å². The Bertz CT molecular complexity index is 424. The van der Waals surface area contributed by atoms with Gasteiger partial charge in [-0.3, -0.25) is 0 Å². The van der Waals surface area contributed by atoms with Crippen LogP contribution in [0.5, 0.6) is 0 Å². The molecule has 0 saturated carbocycles. The van der Waals surface area contributed by atoms with E-state index < -0.39 is 5.82 Å². The molecule has 1 fully saturated rings. The van der Waals surface area contributed by atoms with Gasteiger partial charge < -0.3 is 15.5 Å². The molecule has 94 valence electrons. The molecule has 2 rings (SSSR count). The van der Waals surface area contributed by atoms with Crippen LogP contribution in [0.25, 0.3) is 0 Å². The van der Waals surface area contributed by atoms with Gasteiger partial charge in [-0.2, -0.15) is 0 Å². The van der Waals surface area contributed by atoms with E-state index in [0.29, 0.717) is 11.7 Å². The van der Waals surface area contributed by atoms with Gasteiger partial charge in [0.05, 0.1) is 16.4 Å². The Morgan fingerprint density at radius 1 is 1.41 bits per heavy atom. The summed E-state index contributed by atoms with van der Waals surface area (Å²) in [5, 5.41) is 0.0772. The van der Waals surface area contributed by atoms with Gasteiger partial charge in [0.15, 0.2) is 0 Å².